The average Bonchev–Trinajstić information content (AvgIpc) is 3.37. The molecule has 72 heavy (non-hydrogen) atoms. The summed E-state index contributed by atoms with van der Waals surface area (Å²) < 4.78 is 39.5. The fourth-order valence-electron chi connectivity index (χ4n) is 8.55. The molecule has 0 heterocycles. The molecule has 0 spiro atoms. The molecule has 0 amide bonds. The minimum Gasteiger partial charge on any atom is -0.462 e. The lowest BCUT2D eigenvalue weighted by molar-refractivity contribution is -0.161. The van der Waals surface area contributed by atoms with E-state index in [1.54, 1.807) is 0 Å². The number of rotatable bonds is 56. The largest absolute Gasteiger partial charge is 0.472 e. The Morgan fingerprint density at radius 3 is 1.11 bits per heavy atom. The van der Waals surface area contributed by atoms with Crippen LogP contribution >= 0.6 is 7.82 Å². The summed E-state index contributed by atoms with van der Waals surface area (Å²) in [5, 5.41) is 9.81. The Bertz CT molecular complexity index is 1350. The Morgan fingerprint density at radius 1 is 0.403 bits per heavy atom. The summed E-state index contributed by atoms with van der Waals surface area (Å²) >= 11 is 0. The van der Waals surface area contributed by atoms with Gasteiger partial charge in [-0.05, 0) is 51.4 Å². The number of aliphatic hydroxyl groups is 1. The first-order valence-corrected chi connectivity index (χ1v) is 31.4. The van der Waals surface area contributed by atoms with Gasteiger partial charge in [-0.25, -0.2) is 4.57 Å². The van der Waals surface area contributed by atoms with E-state index in [-0.39, 0.29) is 25.9 Å². The summed E-state index contributed by atoms with van der Waals surface area (Å²) in [6, 6.07) is 0. The Kier molecular flexibility index (Phi) is 53.2. The maximum absolute atomic E-state index is 12.9. The summed E-state index contributed by atoms with van der Waals surface area (Å²) in [6.45, 7) is 4.54. The van der Waals surface area contributed by atoms with Crippen LogP contribution in [0.3, 0.4) is 0 Å². The molecule has 0 bridgehead atoms. The monoisotopic (exact) mass is 1040 g/mol. The van der Waals surface area contributed by atoms with Gasteiger partial charge in [-0.2, -0.15) is 0 Å². The van der Waals surface area contributed by atoms with Crippen LogP contribution in [-0.4, -0.2) is 66.5 Å². The van der Waals surface area contributed by atoms with Crippen molar-refractivity contribution in [2.24, 2.45) is 0 Å². The number of hydrogen-bond acceptors (Lipinski definition) is 10. The average molecular weight is 1040 g/mol. The first kappa shape index (κ1) is 69.7. The zero-order chi connectivity index (χ0) is 52.7. The second-order valence-electron chi connectivity index (χ2n) is 20.1. The second kappa shape index (κ2) is 54.9. The van der Waals surface area contributed by atoms with Crippen LogP contribution < -0.4 is 0 Å². The molecule has 0 aliphatic carbocycles. The third-order valence-corrected chi connectivity index (χ3v) is 14.0. The van der Waals surface area contributed by atoms with Crippen molar-refractivity contribution in [3.05, 3.63) is 36.5 Å². The standard InChI is InChI=1S/C60H111O11P/c1-4-7-10-13-16-19-22-25-26-27-28-29-30-33-34-37-40-43-46-49-58(62)67-53-57(71-60(64)51-48-45-42-39-36-32-24-21-18-15-12-9-6-3)55-69-72(65,66)68-54-56(52-61)70-59(63)50-47-44-41-38-35-31-23-20-17-14-11-8-5-2/h9,12,18,21,32,36,56-57,61H,4-8,10-11,13-17,19-20,22-31,33-35,37-55H2,1-3H3,(H,65,66)/b12-9-,21-18-,36-32-. The maximum atomic E-state index is 12.9. The zero-order valence-electron chi connectivity index (χ0n) is 46.7. The van der Waals surface area contributed by atoms with E-state index >= 15 is 0 Å². The Morgan fingerprint density at radius 2 is 0.722 bits per heavy atom. The molecule has 0 saturated heterocycles. The van der Waals surface area contributed by atoms with Crippen molar-refractivity contribution in [2.45, 2.75) is 303 Å². The fraction of sp³-hybridized carbons (Fsp3) is 0.850. The van der Waals surface area contributed by atoms with Crippen molar-refractivity contribution in [1.29, 1.82) is 0 Å². The molecular weight excluding hydrogens is 928 g/mol. The predicted octanol–water partition coefficient (Wildman–Crippen LogP) is 17.6. The number of esters is 3. The van der Waals surface area contributed by atoms with Gasteiger partial charge in [0.2, 0.25) is 0 Å². The zero-order valence-corrected chi connectivity index (χ0v) is 47.6. The number of aliphatic hydroxyl groups excluding tert-OH is 1. The van der Waals surface area contributed by atoms with Crippen LogP contribution in [0.15, 0.2) is 36.5 Å². The number of allylic oxidation sites excluding steroid dienone is 6. The highest BCUT2D eigenvalue weighted by molar-refractivity contribution is 7.47. The van der Waals surface area contributed by atoms with E-state index in [9.17, 15) is 28.9 Å². The van der Waals surface area contributed by atoms with Crippen molar-refractivity contribution in [2.75, 3.05) is 26.4 Å². The number of carbonyl (C=O) groups is 3. The molecule has 12 heteroatoms. The van der Waals surface area contributed by atoms with E-state index in [4.69, 9.17) is 23.3 Å². The van der Waals surface area contributed by atoms with Gasteiger partial charge in [0.05, 0.1) is 19.8 Å². The first-order valence-electron chi connectivity index (χ1n) is 29.9. The van der Waals surface area contributed by atoms with Crippen LogP contribution in [0.25, 0.3) is 0 Å². The lowest BCUT2D eigenvalue weighted by Crippen LogP contribution is -2.30. The molecule has 0 fully saturated rings. The molecule has 0 rings (SSSR count). The fourth-order valence-corrected chi connectivity index (χ4v) is 9.33. The Labute approximate surface area is 441 Å². The number of carbonyl (C=O) groups excluding carboxylic acids is 3. The van der Waals surface area contributed by atoms with Gasteiger partial charge in [-0.1, -0.05) is 256 Å². The summed E-state index contributed by atoms with van der Waals surface area (Å²) in [6.07, 6.45) is 56.8. The lowest BCUT2D eigenvalue weighted by atomic mass is 10.0. The highest BCUT2D eigenvalue weighted by Crippen LogP contribution is 2.43. The van der Waals surface area contributed by atoms with E-state index in [1.165, 1.54) is 154 Å². The molecular formula is C60H111O11P. The molecule has 0 aliphatic rings. The van der Waals surface area contributed by atoms with Crippen molar-refractivity contribution in [3.8, 4) is 0 Å². The summed E-state index contributed by atoms with van der Waals surface area (Å²) in [4.78, 5) is 48.5. The smallest absolute Gasteiger partial charge is 0.462 e. The van der Waals surface area contributed by atoms with Crippen molar-refractivity contribution < 1.29 is 52.2 Å². The van der Waals surface area contributed by atoms with Crippen LogP contribution in [0.1, 0.15) is 290 Å². The van der Waals surface area contributed by atoms with Gasteiger partial charge in [0, 0.05) is 19.3 Å². The number of ether oxygens (including phenoxy) is 3. The SMILES string of the molecule is CC/C=C\C/C=C\C/C=C\CCCCCC(=O)OC(COC(=O)CCCCCCCCCCCCCCCCCCCCC)COP(=O)(O)OCC(CO)OC(=O)CCCCCCCCCCCCCCC. The number of phosphoric acid groups is 1. The molecule has 0 radical (unpaired) electrons. The van der Waals surface area contributed by atoms with Gasteiger partial charge >= 0.3 is 25.7 Å². The third kappa shape index (κ3) is 52.6. The van der Waals surface area contributed by atoms with Crippen molar-refractivity contribution >= 4 is 25.7 Å². The number of phosphoric ester groups is 1. The van der Waals surface area contributed by atoms with Crippen molar-refractivity contribution in [3.63, 3.8) is 0 Å². The second-order valence-corrected chi connectivity index (χ2v) is 21.6. The molecule has 0 saturated carbocycles. The van der Waals surface area contributed by atoms with Crippen molar-refractivity contribution in [1.82, 2.24) is 0 Å². The molecule has 0 aromatic rings. The molecule has 3 unspecified atom stereocenters. The molecule has 0 aliphatic heterocycles. The summed E-state index contributed by atoms with van der Waals surface area (Å²) in [7, 11) is -4.75. The lowest BCUT2D eigenvalue weighted by Gasteiger charge is -2.21. The van der Waals surface area contributed by atoms with E-state index in [1.807, 2.05) is 0 Å². The first-order chi connectivity index (χ1) is 35.2. The maximum Gasteiger partial charge on any atom is 0.472 e. The van der Waals surface area contributed by atoms with E-state index < -0.39 is 57.8 Å². The van der Waals surface area contributed by atoms with Crippen LogP contribution in [0.2, 0.25) is 0 Å². The van der Waals surface area contributed by atoms with Gasteiger partial charge in [0.15, 0.2) is 6.10 Å². The molecule has 3 atom stereocenters. The van der Waals surface area contributed by atoms with Gasteiger partial charge in [0.25, 0.3) is 0 Å². The highest BCUT2D eigenvalue weighted by Gasteiger charge is 2.28. The molecule has 0 aromatic carbocycles. The van der Waals surface area contributed by atoms with Gasteiger partial charge < -0.3 is 24.2 Å². The topological polar surface area (TPSA) is 155 Å². The van der Waals surface area contributed by atoms with Crippen LogP contribution in [0.4, 0.5) is 0 Å². The Balaban J connectivity index is 4.66. The molecule has 422 valence electrons. The summed E-state index contributed by atoms with van der Waals surface area (Å²) in [5.41, 5.74) is 0. The molecule has 11 nitrogen and oxygen atoms in total. The highest BCUT2D eigenvalue weighted by atomic mass is 31.2. The summed E-state index contributed by atoms with van der Waals surface area (Å²) in [5.74, 6) is -1.48. The third-order valence-electron chi connectivity index (χ3n) is 13.1. The Hall–Kier alpha value is -2.30. The quantitative estimate of drug-likeness (QED) is 0.0197. The minimum atomic E-state index is -4.75. The van der Waals surface area contributed by atoms with E-state index in [0.29, 0.717) is 19.3 Å². The van der Waals surface area contributed by atoms with Crippen LogP contribution in [0, 0.1) is 0 Å². The van der Waals surface area contributed by atoms with Gasteiger partial charge in [0.1, 0.15) is 12.7 Å². The van der Waals surface area contributed by atoms with E-state index in [2.05, 4.69) is 57.2 Å². The number of unbranched alkanes of at least 4 members (excludes halogenated alkanes) is 33. The number of hydrogen-bond donors (Lipinski definition) is 2. The van der Waals surface area contributed by atoms with Crippen LogP contribution in [-0.2, 0) is 42.2 Å². The normalized spacial score (nSPS) is 13.6. The minimum absolute atomic E-state index is 0.137. The predicted molar refractivity (Wildman–Crippen MR) is 298 cm³/mol. The van der Waals surface area contributed by atoms with Gasteiger partial charge in [-0.15, -0.1) is 0 Å². The molecule has 2 N–H and O–H groups in total. The van der Waals surface area contributed by atoms with E-state index in [0.717, 1.165) is 77.0 Å². The van der Waals surface area contributed by atoms with Crippen LogP contribution in [0.5, 0.6) is 0 Å². The molecule has 0 aromatic heterocycles. The van der Waals surface area contributed by atoms with Gasteiger partial charge in [-0.3, -0.25) is 23.4 Å².